The van der Waals surface area contributed by atoms with Crippen molar-refractivity contribution < 1.29 is 5.11 Å². The Labute approximate surface area is 170 Å². The summed E-state index contributed by atoms with van der Waals surface area (Å²) in [5.41, 5.74) is 5.37. The van der Waals surface area contributed by atoms with Crippen LogP contribution in [0.2, 0.25) is 0 Å². The molecule has 0 aromatic heterocycles. The van der Waals surface area contributed by atoms with Gasteiger partial charge in [-0.25, -0.2) is 0 Å². The molecule has 0 unspecified atom stereocenters. The van der Waals surface area contributed by atoms with Gasteiger partial charge in [-0.2, -0.15) is 0 Å². The molecular formula is C27H36O. The summed E-state index contributed by atoms with van der Waals surface area (Å²) in [6, 6.07) is 4.32. The summed E-state index contributed by atoms with van der Waals surface area (Å²) in [6.07, 6.45) is 17.3. The van der Waals surface area contributed by atoms with Gasteiger partial charge in [0.2, 0.25) is 0 Å². The first kappa shape index (κ1) is 16.8. The highest BCUT2D eigenvalue weighted by Crippen LogP contribution is 2.67. The summed E-state index contributed by atoms with van der Waals surface area (Å²) in [4.78, 5) is 0. The van der Waals surface area contributed by atoms with Gasteiger partial charge in [-0.05, 0) is 142 Å². The van der Waals surface area contributed by atoms with Crippen LogP contribution in [0.4, 0.5) is 0 Å². The van der Waals surface area contributed by atoms with Crippen molar-refractivity contribution in [2.45, 2.75) is 94.8 Å². The first-order chi connectivity index (χ1) is 13.5. The number of rotatable bonds is 2. The first-order valence-electron chi connectivity index (χ1n) is 12.4. The molecule has 8 bridgehead atoms. The normalized spacial score (nSPS) is 50.5. The predicted octanol–water partition coefficient (Wildman–Crippen LogP) is 6.64. The van der Waals surface area contributed by atoms with Gasteiger partial charge in [-0.1, -0.05) is 6.07 Å². The molecule has 1 aromatic carbocycles. The molecule has 28 heavy (non-hydrogen) atoms. The highest BCUT2D eigenvalue weighted by Gasteiger charge is 2.57. The van der Waals surface area contributed by atoms with Crippen molar-refractivity contribution in [3.8, 4) is 5.75 Å². The Morgan fingerprint density at radius 2 is 0.964 bits per heavy atom. The quantitative estimate of drug-likeness (QED) is 0.613. The van der Waals surface area contributed by atoms with Gasteiger partial charge in [0.15, 0.2) is 0 Å². The van der Waals surface area contributed by atoms with E-state index >= 15 is 0 Å². The predicted molar refractivity (Wildman–Crippen MR) is 113 cm³/mol. The van der Waals surface area contributed by atoms with Crippen LogP contribution in [-0.4, -0.2) is 5.11 Å². The molecule has 150 valence electrons. The summed E-state index contributed by atoms with van der Waals surface area (Å²) >= 11 is 0. The molecule has 0 atom stereocenters. The minimum atomic E-state index is 0.309. The zero-order valence-corrected chi connectivity index (χ0v) is 17.6. The van der Waals surface area contributed by atoms with Crippen LogP contribution in [0.15, 0.2) is 12.1 Å². The fraction of sp³-hybridized carbons (Fsp3) is 0.778. The van der Waals surface area contributed by atoms with Gasteiger partial charge >= 0.3 is 0 Å². The van der Waals surface area contributed by atoms with Gasteiger partial charge in [0.1, 0.15) is 5.75 Å². The van der Waals surface area contributed by atoms with Crippen LogP contribution in [0, 0.1) is 42.4 Å². The molecule has 1 heteroatoms. The minimum absolute atomic E-state index is 0.309. The number of hydrogen-bond acceptors (Lipinski definition) is 1. The third-order valence-electron chi connectivity index (χ3n) is 10.5. The van der Waals surface area contributed by atoms with Crippen LogP contribution in [-0.2, 0) is 10.8 Å². The van der Waals surface area contributed by atoms with Crippen LogP contribution in [0.25, 0.3) is 0 Å². The molecule has 8 fully saturated rings. The summed E-state index contributed by atoms with van der Waals surface area (Å²) < 4.78 is 0. The average molecular weight is 377 g/mol. The third kappa shape index (κ3) is 2.15. The zero-order valence-electron chi connectivity index (χ0n) is 17.6. The smallest absolute Gasteiger partial charge is 0.119 e. The van der Waals surface area contributed by atoms with E-state index < -0.39 is 0 Å². The Bertz CT molecular complexity index is 693. The average Bonchev–Trinajstić information content (AvgIpc) is 2.61. The van der Waals surface area contributed by atoms with Crippen molar-refractivity contribution in [3.05, 3.63) is 28.8 Å². The molecule has 1 aromatic rings. The summed E-state index contributed by atoms with van der Waals surface area (Å²) in [6.45, 7) is 2.37. The fourth-order valence-corrected chi connectivity index (χ4v) is 10.7. The van der Waals surface area contributed by atoms with Crippen molar-refractivity contribution in [2.75, 3.05) is 0 Å². The maximum absolute atomic E-state index is 11.4. The van der Waals surface area contributed by atoms with E-state index in [0.717, 1.165) is 35.5 Å². The first-order valence-corrected chi connectivity index (χ1v) is 12.4. The molecule has 0 saturated heterocycles. The van der Waals surface area contributed by atoms with Crippen molar-refractivity contribution in [1.82, 2.24) is 0 Å². The van der Waals surface area contributed by atoms with E-state index in [-0.39, 0.29) is 0 Å². The monoisotopic (exact) mass is 376 g/mol. The number of aryl methyl sites for hydroxylation is 1. The summed E-state index contributed by atoms with van der Waals surface area (Å²) in [5.74, 6) is 6.39. The van der Waals surface area contributed by atoms with Gasteiger partial charge in [-0.15, -0.1) is 0 Å². The molecule has 0 spiro atoms. The zero-order chi connectivity index (χ0) is 18.7. The van der Waals surface area contributed by atoms with Crippen LogP contribution in [0.3, 0.4) is 0 Å². The molecule has 0 aliphatic heterocycles. The number of aromatic hydroxyl groups is 1. The van der Waals surface area contributed by atoms with Crippen LogP contribution < -0.4 is 0 Å². The Morgan fingerprint density at radius 1 is 0.607 bits per heavy atom. The lowest BCUT2D eigenvalue weighted by Gasteiger charge is -2.61. The third-order valence-corrected chi connectivity index (χ3v) is 10.5. The van der Waals surface area contributed by atoms with Gasteiger partial charge < -0.3 is 5.11 Å². The highest BCUT2D eigenvalue weighted by molar-refractivity contribution is 5.54. The number of benzene rings is 1. The lowest BCUT2D eigenvalue weighted by Crippen LogP contribution is -2.52. The SMILES string of the molecule is Cc1ccc(O)c(C23CC4CC(CC(C4)C2)C3)c1C12CC3CC(CC(C3)C1)C2. The molecule has 0 amide bonds. The molecule has 8 aliphatic carbocycles. The molecule has 1 N–H and O–H groups in total. The van der Waals surface area contributed by atoms with Crippen LogP contribution in [0.5, 0.6) is 5.75 Å². The van der Waals surface area contributed by atoms with Crippen molar-refractivity contribution in [1.29, 1.82) is 0 Å². The van der Waals surface area contributed by atoms with Gasteiger partial charge in [0.05, 0.1) is 0 Å². The lowest BCUT2D eigenvalue weighted by atomic mass is 9.43. The maximum atomic E-state index is 11.4. The standard InChI is InChI=1S/C27H36O/c1-16-2-3-23(28)25(27-13-20-7-21(14-27)9-22(8-20)15-27)24(16)26-10-17-4-18(11-26)6-19(5-17)12-26/h2-3,17-22,28H,4-15H2,1H3. The van der Waals surface area contributed by atoms with Crippen molar-refractivity contribution in [2.24, 2.45) is 35.5 Å². The summed E-state index contributed by atoms with van der Waals surface area (Å²) in [5, 5.41) is 11.4. The Morgan fingerprint density at radius 3 is 1.36 bits per heavy atom. The fourth-order valence-electron chi connectivity index (χ4n) is 10.7. The van der Waals surface area contributed by atoms with Crippen LogP contribution >= 0.6 is 0 Å². The van der Waals surface area contributed by atoms with Gasteiger partial charge in [0.25, 0.3) is 0 Å². The van der Waals surface area contributed by atoms with E-state index in [0.29, 0.717) is 16.6 Å². The van der Waals surface area contributed by atoms with E-state index in [1.54, 1.807) is 5.56 Å². The van der Waals surface area contributed by atoms with E-state index in [1.807, 2.05) is 0 Å². The van der Waals surface area contributed by atoms with Crippen LogP contribution in [0.1, 0.15) is 93.7 Å². The number of hydrogen-bond donors (Lipinski definition) is 1. The molecule has 8 saturated carbocycles. The Kier molecular flexibility index (Phi) is 3.22. The number of phenols is 1. The molecular weight excluding hydrogens is 340 g/mol. The largest absolute Gasteiger partial charge is 0.508 e. The Balaban J connectivity index is 1.42. The molecule has 0 heterocycles. The minimum Gasteiger partial charge on any atom is -0.508 e. The van der Waals surface area contributed by atoms with E-state index in [9.17, 15) is 5.11 Å². The second-order valence-electron chi connectivity index (χ2n) is 12.5. The topological polar surface area (TPSA) is 20.2 Å². The molecule has 0 radical (unpaired) electrons. The van der Waals surface area contributed by atoms with Gasteiger partial charge in [-0.3, -0.25) is 0 Å². The van der Waals surface area contributed by atoms with Crippen molar-refractivity contribution >= 4 is 0 Å². The highest BCUT2D eigenvalue weighted by atomic mass is 16.3. The molecule has 8 aliphatic rings. The number of phenolic OH excluding ortho intramolecular Hbond substituents is 1. The molecule has 1 nitrogen and oxygen atoms in total. The maximum Gasteiger partial charge on any atom is 0.119 e. The summed E-state index contributed by atoms with van der Waals surface area (Å²) in [7, 11) is 0. The van der Waals surface area contributed by atoms with Crippen molar-refractivity contribution in [3.63, 3.8) is 0 Å². The van der Waals surface area contributed by atoms with E-state index in [2.05, 4.69) is 19.1 Å². The van der Waals surface area contributed by atoms with E-state index in [4.69, 9.17) is 0 Å². The Hall–Kier alpha value is -0.980. The second-order valence-corrected chi connectivity index (χ2v) is 12.5. The second kappa shape index (κ2) is 5.38. The van der Waals surface area contributed by atoms with Gasteiger partial charge in [0, 0.05) is 11.0 Å². The van der Waals surface area contributed by atoms with E-state index in [1.165, 1.54) is 88.2 Å². The lowest BCUT2D eigenvalue weighted by molar-refractivity contribution is -0.0184. The molecule has 9 rings (SSSR count).